The van der Waals surface area contributed by atoms with Crippen molar-refractivity contribution in [3.05, 3.63) is 66.3 Å². The quantitative estimate of drug-likeness (QED) is 0.864. The lowest BCUT2D eigenvalue weighted by Gasteiger charge is -2.15. The van der Waals surface area contributed by atoms with Gasteiger partial charge in [0.1, 0.15) is 11.8 Å². The van der Waals surface area contributed by atoms with E-state index in [1.807, 2.05) is 48.6 Å². The summed E-state index contributed by atoms with van der Waals surface area (Å²) in [5.74, 6) is 0. The molecule has 0 saturated heterocycles. The average Bonchev–Trinajstić information content (AvgIpc) is 2.56. The van der Waals surface area contributed by atoms with Gasteiger partial charge in [0, 0.05) is 11.8 Å². The summed E-state index contributed by atoms with van der Waals surface area (Å²) < 4.78 is 0. The second-order valence-electron chi connectivity index (χ2n) is 4.14. The molecule has 5 nitrogen and oxygen atoms in total. The first-order chi connectivity index (χ1) is 9.88. The van der Waals surface area contributed by atoms with Crippen LogP contribution in [0.3, 0.4) is 0 Å². The molecule has 1 aromatic heterocycles. The van der Waals surface area contributed by atoms with Crippen LogP contribution in [0, 0.1) is 11.3 Å². The van der Waals surface area contributed by atoms with Crippen LogP contribution < -0.4 is 10.9 Å². The fraction of sp³-hybridized carbons (Fsp3) is 0. The summed E-state index contributed by atoms with van der Waals surface area (Å²) in [5, 5.41) is 9.00. The second kappa shape index (κ2) is 5.24. The van der Waals surface area contributed by atoms with Crippen LogP contribution in [0.4, 0.5) is 0 Å². The molecule has 2 heterocycles. The van der Waals surface area contributed by atoms with Crippen LogP contribution in [0.25, 0.3) is 17.0 Å². The van der Waals surface area contributed by atoms with Crippen LogP contribution in [0.15, 0.2) is 54.9 Å². The fourth-order valence-corrected chi connectivity index (χ4v) is 1.93. The van der Waals surface area contributed by atoms with Crippen LogP contribution in [-0.4, -0.2) is 9.97 Å². The van der Waals surface area contributed by atoms with E-state index in [2.05, 4.69) is 20.8 Å². The Morgan fingerprint density at radius 3 is 2.65 bits per heavy atom. The molecule has 0 spiro atoms. The number of hydrogen-bond acceptors (Lipinski definition) is 5. The molecular weight excluding hydrogens is 250 g/mol. The molecule has 0 unspecified atom stereocenters. The lowest BCUT2D eigenvalue weighted by atomic mass is 10.1. The van der Waals surface area contributed by atoms with Gasteiger partial charge in [-0.1, -0.05) is 30.3 Å². The minimum absolute atomic E-state index is 0.289. The summed E-state index contributed by atoms with van der Waals surface area (Å²) in [4.78, 5) is 8.74. The zero-order valence-electron chi connectivity index (χ0n) is 10.5. The SMILES string of the molecule is N#Cc1cnc(-c2ccccc2)c(C2=CC=CNN2)n1. The molecule has 5 heteroatoms. The number of hydrogen-bond donors (Lipinski definition) is 2. The van der Waals surface area contributed by atoms with Crippen LogP contribution in [0.5, 0.6) is 0 Å². The van der Waals surface area contributed by atoms with E-state index in [0.29, 0.717) is 5.69 Å². The van der Waals surface area contributed by atoms with Gasteiger partial charge in [0.2, 0.25) is 0 Å². The lowest BCUT2D eigenvalue weighted by molar-refractivity contribution is 0.782. The highest BCUT2D eigenvalue weighted by Crippen LogP contribution is 2.24. The van der Waals surface area contributed by atoms with Crippen LogP contribution >= 0.6 is 0 Å². The van der Waals surface area contributed by atoms with Gasteiger partial charge in [-0.15, -0.1) is 0 Å². The highest BCUT2D eigenvalue weighted by atomic mass is 15.4. The lowest BCUT2D eigenvalue weighted by Crippen LogP contribution is -2.28. The molecule has 2 aromatic rings. The minimum Gasteiger partial charge on any atom is -0.308 e. The molecule has 0 saturated carbocycles. The van der Waals surface area contributed by atoms with Gasteiger partial charge in [-0.05, 0) is 12.2 Å². The molecule has 1 aliphatic heterocycles. The Bertz CT molecular complexity index is 726. The Morgan fingerprint density at radius 1 is 1.10 bits per heavy atom. The molecular formula is C15H11N5. The molecule has 1 aromatic carbocycles. The first-order valence-corrected chi connectivity index (χ1v) is 6.10. The third kappa shape index (κ3) is 2.22. The standard InChI is InChI=1S/C15H11N5/c16-9-12-10-17-14(11-5-2-1-3-6-11)15(19-12)13-7-4-8-18-20-13/h1-8,10,18,20H. The number of nitrogens with zero attached hydrogens (tertiary/aromatic N) is 3. The van der Waals surface area contributed by atoms with E-state index in [1.165, 1.54) is 6.20 Å². The van der Waals surface area contributed by atoms with E-state index >= 15 is 0 Å². The Hall–Kier alpha value is -3.13. The van der Waals surface area contributed by atoms with Gasteiger partial charge in [0.05, 0.1) is 17.6 Å². The molecule has 0 atom stereocenters. The number of benzene rings is 1. The number of hydrazine groups is 1. The normalized spacial score (nSPS) is 12.8. The van der Waals surface area contributed by atoms with E-state index in [9.17, 15) is 0 Å². The van der Waals surface area contributed by atoms with Crippen molar-refractivity contribution in [3.8, 4) is 17.3 Å². The number of rotatable bonds is 2. The highest BCUT2D eigenvalue weighted by molar-refractivity contribution is 5.76. The van der Waals surface area contributed by atoms with Gasteiger partial charge in [-0.3, -0.25) is 10.4 Å². The molecule has 0 fully saturated rings. The zero-order valence-corrected chi connectivity index (χ0v) is 10.5. The van der Waals surface area contributed by atoms with Crippen LogP contribution in [-0.2, 0) is 0 Å². The Kier molecular flexibility index (Phi) is 3.13. The van der Waals surface area contributed by atoms with Crippen molar-refractivity contribution in [1.82, 2.24) is 20.8 Å². The van der Waals surface area contributed by atoms with Crippen molar-refractivity contribution >= 4 is 5.70 Å². The summed E-state index contributed by atoms with van der Waals surface area (Å²) in [5.41, 5.74) is 9.31. The van der Waals surface area contributed by atoms with Crippen LogP contribution in [0.1, 0.15) is 11.4 Å². The van der Waals surface area contributed by atoms with Crippen molar-refractivity contribution in [2.45, 2.75) is 0 Å². The van der Waals surface area contributed by atoms with Crippen LogP contribution in [0.2, 0.25) is 0 Å². The van der Waals surface area contributed by atoms with Crippen molar-refractivity contribution in [2.24, 2.45) is 0 Å². The number of nitrogens with one attached hydrogen (secondary N) is 2. The Morgan fingerprint density at radius 2 is 1.95 bits per heavy atom. The van der Waals surface area contributed by atoms with E-state index < -0.39 is 0 Å². The third-order valence-corrected chi connectivity index (χ3v) is 2.84. The summed E-state index contributed by atoms with van der Waals surface area (Å²) in [6.45, 7) is 0. The van der Waals surface area contributed by atoms with Crippen molar-refractivity contribution in [1.29, 1.82) is 5.26 Å². The van der Waals surface area contributed by atoms with Crippen molar-refractivity contribution in [3.63, 3.8) is 0 Å². The van der Waals surface area contributed by atoms with Gasteiger partial charge in [0.25, 0.3) is 0 Å². The molecule has 0 radical (unpaired) electrons. The number of allylic oxidation sites excluding steroid dienone is 2. The maximum absolute atomic E-state index is 9.00. The first-order valence-electron chi connectivity index (χ1n) is 6.10. The second-order valence-corrected chi connectivity index (χ2v) is 4.14. The van der Waals surface area contributed by atoms with E-state index in [-0.39, 0.29) is 5.69 Å². The van der Waals surface area contributed by atoms with Gasteiger partial charge in [0.15, 0.2) is 5.69 Å². The topological polar surface area (TPSA) is 73.6 Å². The monoisotopic (exact) mass is 261 g/mol. The molecule has 1 aliphatic rings. The predicted octanol–water partition coefficient (Wildman–Crippen LogP) is 1.98. The fourth-order valence-electron chi connectivity index (χ4n) is 1.93. The van der Waals surface area contributed by atoms with E-state index in [4.69, 9.17) is 5.26 Å². The van der Waals surface area contributed by atoms with E-state index in [1.54, 1.807) is 6.20 Å². The van der Waals surface area contributed by atoms with Gasteiger partial charge in [-0.2, -0.15) is 5.26 Å². The van der Waals surface area contributed by atoms with E-state index in [0.717, 1.165) is 17.0 Å². The highest BCUT2D eigenvalue weighted by Gasteiger charge is 2.14. The maximum Gasteiger partial charge on any atom is 0.159 e. The van der Waals surface area contributed by atoms with Gasteiger partial charge >= 0.3 is 0 Å². The molecule has 2 N–H and O–H groups in total. The minimum atomic E-state index is 0.289. The Balaban J connectivity index is 2.17. The smallest absolute Gasteiger partial charge is 0.159 e. The third-order valence-electron chi connectivity index (χ3n) is 2.84. The summed E-state index contributed by atoms with van der Waals surface area (Å²) in [6.07, 6.45) is 7.00. The number of nitriles is 1. The van der Waals surface area contributed by atoms with Crippen molar-refractivity contribution < 1.29 is 0 Å². The molecule has 20 heavy (non-hydrogen) atoms. The molecule has 3 rings (SSSR count). The zero-order chi connectivity index (χ0) is 13.8. The Labute approximate surface area is 116 Å². The van der Waals surface area contributed by atoms with Gasteiger partial charge < -0.3 is 5.43 Å². The predicted molar refractivity (Wildman–Crippen MR) is 75.6 cm³/mol. The summed E-state index contributed by atoms with van der Waals surface area (Å²) in [7, 11) is 0. The molecule has 0 bridgehead atoms. The maximum atomic E-state index is 9.00. The summed E-state index contributed by atoms with van der Waals surface area (Å²) >= 11 is 0. The molecule has 0 amide bonds. The first kappa shape index (κ1) is 11.9. The number of aromatic nitrogens is 2. The largest absolute Gasteiger partial charge is 0.308 e. The van der Waals surface area contributed by atoms with Gasteiger partial charge in [-0.25, -0.2) is 4.98 Å². The molecule has 96 valence electrons. The average molecular weight is 261 g/mol. The molecule has 0 aliphatic carbocycles. The summed E-state index contributed by atoms with van der Waals surface area (Å²) in [6, 6.07) is 11.8. The van der Waals surface area contributed by atoms with Crippen molar-refractivity contribution in [2.75, 3.05) is 0 Å².